The number of allylic oxidation sites excluding steroid dienone is 1. The van der Waals surface area contributed by atoms with Crippen LogP contribution in [0.5, 0.6) is 5.75 Å². The van der Waals surface area contributed by atoms with Gasteiger partial charge in [0.2, 0.25) is 0 Å². The Bertz CT molecular complexity index is 1120. The molecule has 4 rings (SSSR count). The lowest BCUT2D eigenvalue weighted by Gasteiger charge is -2.08. The van der Waals surface area contributed by atoms with Crippen molar-refractivity contribution < 1.29 is 9.53 Å². The Morgan fingerprint density at radius 2 is 1.83 bits per heavy atom. The Kier molecular flexibility index (Phi) is 5.41. The van der Waals surface area contributed by atoms with E-state index in [9.17, 15) is 4.79 Å². The van der Waals surface area contributed by atoms with Gasteiger partial charge in [-0.05, 0) is 45.0 Å². The maximum absolute atomic E-state index is 12.5. The van der Waals surface area contributed by atoms with Crippen molar-refractivity contribution in [2.45, 2.75) is 25.8 Å². The number of ether oxygens (including phenoxy) is 1. The lowest BCUT2D eigenvalue weighted by atomic mass is 10.0. The van der Waals surface area contributed by atoms with Crippen molar-refractivity contribution in [1.29, 1.82) is 0 Å². The Morgan fingerprint density at radius 3 is 2.59 bits per heavy atom. The van der Waals surface area contributed by atoms with Crippen molar-refractivity contribution in [3.8, 4) is 11.4 Å². The minimum Gasteiger partial charge on any atom is -0.422 e. The average molecular weight is 403 g/mol. The summed E-state index contributed by atoms with van der Waals surface area (Å²) in [4.78, 5) is 12.5. The molecule has 0 amide bonds. The quantitative estimate of drug-likeness (QED) is 0.181. The summed E-state index contributed by atoms with van der Waals surface area (Å²) in [7, 11) is 0. The van der Waals surface area contributed by atoms with Crippen LogP contribution in [0.4, 0.5) is 0 Å². The zero-order chi connectivity index (χ0) is 20.4. The minimum atomic E-state index is -0.321. The molecule has 5 heteroatoms. The van der Waals surface area contributed by atoms with Gasteiger partial charge in [0.05, 0.1) is 17.0 Å². The van der Waals surface area contributed by atoms with E-state index >= 15 is 0 Å². The molecule has 0 saturated heterocycles. The molecule has 0 radical (unpaired) electrons. The second kappa shape index (κ2) is 8.13. The third-order valence-electron chi connectivity index (χ3n) is 4.66. The van der Waals surface area contributed by atoms with Crippen LogP contribution >= 0.6 is 11.8 Å². The highest BCUT2D eigenvalue weighted by atomic mass is 32.2. The summed E-state index contributed by atoms with van der Waals surface area (Å²) in [6, 6.07) is 17.6. The van der Waals surface area contributed by atoms with E-state index in [4.69, 9.17) is 9.84 Å². The van der Waals surface area contributed by atoms with Gasteiger partial charge in [-0.1, -0.05) is 48.0 Å². The first-order chi connectivity index (χ1) is 14.0. The van der Waals surface area contributed by atoms with Crippen LogP contribution in [-0.2, 0) is 4.79 Å². The molecule has 4 nitrogen and oxygen atoms in total. The van der Waals surface area contributed by atoms with Gasteiger partial charge in [-0.15, -0.1) is 11.8 Å². The second-order valence-electron chi connectivity index (χ2n) is 7.09. The van der Waals surface area contributed by atoms with Gasteiger partial charge in [0.1, 0.15) is 10.8 Å². The number of aryl methyl sites for hydroxylation is 1. The first-order valence-corrected chi connectivity index (χ1v) is 10.5. The highest BCUT2D eigenvalue weighted by Crippen LogP contribution is 2.37. The fourth-order valence-electron chi connectivity index (χ4n) is 3.18. The third kappa shape index (κ3) is 3.91. The molecule has 1 aliphatic rings. The number of rotatable bonds is 5. The van der Waals surface area contributed by atoms with Gasteiger partial charge in [-0.25, -0.2) is 9.48 Å². The number of fused-ring (bicyclic) bond motifs is 1. The monoisotopic (exact) mass is 402 g/mol. The van der Waals surface area contributed by atoms with Gasteiger partial charge in [-0.3, -0.25) is 0 Å². The second-order valence-corrected chi connectivity index (χ2v) is 8.10. The summed E-state index contributed by atoms with van der Waals surface area (Å²) >= 11 is 1.71. The maximum atomic E-state index is 12.5. The molecule has 0 bridgehead atoms. The predicted octanol–water partition coefficient (Wildman–Crippen LogP) is 5.70. The SMILES string of the molecule is CC(C)=CCSc1c(/C=C2/C(=O)Oc3ccccc32)c(C)nn1-c1ccccc1. The fourth-order valence-corrected chi connectivity index (χ4v) is 4.38. The first kappa shape index (κ1) is 19.3. The van der Waals surface area contributed by atoms with Crippen molar-refractivity contribution in [3.05, 3.63) is 83.1 Å². The first-order valence-electron chi connectivity index (χ1n) is 9.49. The van der Waals surface area contributed by atoms with E-state index < -0.39 is 0 Å². The van der Waals surface area contributed by atoms with Gasteiger partial charge < -0.3 is 4.74 Å². The topological polar surface area (TPSA) is 44.1 Å². The van der Waals surface area contributed by atoms with Crippen LogP contribution in [0.1, 0.15) is 30.7 Å². The highest BCUT2D eigenvalue weighted by molar-refractivity contribution is 7.99. The summed E-state index contributed by atoms with van der Waals surface area (Å²) in [5.41, 5.74) is 5.48. The number of nitrogens with zero attached hydrogens (tertiary/aromatic N) is 2. The number of thioether (sulfide) groups is 1. The molecule has 0 atom stereocenters. The number of aromatic nitrogens is 2. The van der Waals surface area contributed by atoms with Crippen LogP contribution in [0.3, 0.4) is 0 Å². The van der Waals surface area contributed by atoms with Crippen molar-refractivity contribution in [2.75, 3.05) is 5.75 Å². The Morgan fingerprint density at radius 1 is 1.10 bits per heavy atom. The molecule has 0 N–H and O–H groups in total. The molecular weight excluding hydrogens is 380 g/mol. The van der Waals surface area contributed by atoms with Gasteiger partial charge in [0.25, 0.3) is 0 Å². The molecular formula is C24H22N2O2S. The molecule has 0 fully saturated rings. The van der Waals surface area contributed by atoms with Crippen molar-refractivity contribution in [1.82, 2.24) is 9.78 Å². The molecule has 0 saturated carbocycles. The summed E-state index contributed by atoms with van der Waals surface area (Å²) in [6.07, 6.45) is 4.11. The van der Waals surface area contributed by atoms with Crippen molar-refractivity contribution in [3.63, 3.8) is 0 Å². The van der Waals surface area contributed by atoms with Crippen molar-refractivity contribution >= 4 is 29.4 Å². The standard InChI is InChI=1S/C24H22N2O2S/c1-16(2)13-14-29-23-20(17(3)25-26(23)18-9-5-4-6-10-18)15-21-19-11-7-8-12-22(19)28-24(21)27/h4-13,15H,14H2,1-3H3/b21-15+. The lowest BCUT2D eigenvalue weighted by molar-refractivity contribution is -0.126. The Labute approximate surface area is 174 Å². The molecule has 1 aliphatic heterocycles. The van der Waals surface area contributed by atoms with E-state index in [-0.39, 0.29) is 5.97 Å². The van der Waals surface area contributed by atoms with Gasteiger partial charge in [0.15, 0.2) is 0 Å². The minimum absolute atomic E-state index is 0.321. The largest absolute Gasteiger partial charge is 0.422 e. The molecule has 1 aromatic heterocycles. The normalized spacial score (nSPS) is 14.0. The van der Waals surface area contributed by atoms with Gasteiger partial charge in [-0.2, -0.15) is 5.10 Å². The molecule has 3 aromatic rings. The van der Waals surface area contributed by atoms with E-state index in [1.54, 1.807) is 11.8 Å². The molecule has 0 unspecified atom stereocenters. The Balaban J connectivity index is 1.84. The number of hydrogen-bond donors (Lipinski definition) is 0. The molecule has 146 valence electrons. The van der Waals surface area contributed by atoms with Crippen LogP contribution < -0.4 is 4.74 Å². The maximum Gasteiger partial charge on any atom is 0.344 e. The number of para-hydroxylation sites is 2. The van der Waals surface area contributed by atoms with E-state index in [1.807, 2.05) is 72.3 Å². The summed E-state index contributed by atoms with van der Waals surface area (Å²) < 4.78 is 7.38. The summed E-state index contributed by atoms with van der Waals surface area (Å²) in [5.74, 6) is 1.12. The number of carbonyl (C=O) groups excluding carboxylic acids is 1. The zero-order valence-corrected chi connectivity index (χ0v) is 17.5. The van der Waals surface area contributed by atoms with E-state index in [0.717, 1.165) is 33.3 Å². The zero-order valence-electron chi connectivity index (χ0n) is 16.7. The van der Waals surface area contributed by atoms with Crippen LogP contribution in [0.25, 0.3) is 17.3 Å². The number of carbonyl (C=O) groups is 1. The molecule has 2 heterocycles. The molecule has 0 aliphatic carbocycles. The van der Waals surface area contributed by atoms with Gasteiger partial charge >= 0.3 is 5.97 Å². The fraction of sp³-hybridized carbons (Fsp3) is 0.167. The average Bonchev–Trinajstić information content (AvgIpc) is 3.20. The number of benzene rings is 2. The van der Waals surface area contributed by atoms with Crippen LogP contribution in [0.2, 0.25) is 0 Å². The molecule has 0 spiro atoms. The van der Waals surface area contributed by atoms with Gasteiger partial charge in [0, 0.05) is 16.9 Å². The molecule has 29 heavy (non-hydrogen) atoms. The van der Waals surface area contributed by atoms with E-state index in [2.05, 4.69) is 19.9 Å². The van der Waals surface area contributed by atoms with E-state index in [0.29, 0.717) is 11.3 Å². The number of esters is 1. The molecule has 2 aromatic carbocycles. The smallest absolute Gasteiger partial charge is 0.344 e. The third-order valence-corrected chi connectivity index (χ3v) is 5.66. The van der Waals surface area contributed by atoms with Crippen LogP contribution in [0, 0.1) is 6.92 Å². The highest BCUT2D eigenvalue weighted by Gasteiger charge is 2.27. The van der Waals surface area contributed by atoms with E-state index in [1.165, 1.54) is 5.57 Å². The predicted molar refractivity (Wildman–Crippen MR) is 118 cm³/mol. The number of hydrogen-bond acceptors (Lipinski definition) is 4. The summed E-state index contributed by atoms with van der Waals surface area (Å²) in [6.45, 7) is 6.16. The summed E-state index contributed by atoms with van der Waals surface area (Å²) in [5, 5.41) is 5.79. The van der Waals surface area contributed by atoms with Crippen molar-refractivity contribution in [2.24, 2.45) is 0 Å². The Hall–Kier alpha value is -3.05. The van der Waals surface area contributed by atoms with Crippen LogP contribution in [-0.4, -0.2) is 21.5 Å². The lowest BCUT2D eigenvalue weighted by Crippen LogP contribution is -2.01. The van der Waals surface area contributed by atoms with Crippen LogP contribution in [0.15, 0.2) is 71.3 Å².